The summed E-state index contributed by atoms with van der Waals surface area (Å²) < 4.78 is 29.0. The Kier molecular flexibility index (Phi) is 4.27. The summed E-state index contributed by atoms with van der Waals surface area (Å²) >= 11 is 5.71. The fourth-order valence-corrected chi connectivity index (χ4v) is 5.04. The molecule has 0 radical (unpaired) electrons. The highest BCUT2D eigenvalue weighted by atomic mass is 35.5. The Morgan fingerprint density at radius 1 is 1.21 bits per heavy atom. The number of anilines is 1. The van der Waals surface area contributed by atoms with Gasteiger partial charge in [-0.3, -0.25) is 4.79 Å². The summed E-state index contributed by atoms with van der Waals surface area (Å²) in [6.07, 6.45) is 3.46. The molecule has 2 aliphatic carbocycles. The van der Waals surface area contributed by atoms with Crippen LogP contribution in [0.25, 0.3) is 11.0 Å². The Balaban J connectivity index is 1.25. The summed E-state index contributed by atoms with van der Waals surface area (Å²) in [4.78, 5) is 16.8. The van der Waals surface area contributed by atoms with E-state index in [9.17, 15) is 13.6 Å². The highest BCUT2D eigenvalue weighted by molar-refractivity contribution is 6.29. The Morgan fingerprint density at radius 2 is 1.93 bits per heavy atom. The molecule has 3 aromatic rings. The molecular formula is C20H18ClF2N5O. The van der Waals surface area contributed by atoms with Gasteiger partial charge in [0, 0.05) is 24.1 Å². The molecule has 1 N–H and O–H groups in total. The molecule has 150 valence electrons. The van der Waals surface area contributed by atoms with E-state index in [1.807, 2.05) is 11.5 Å². The lowest BCUT2D eigenvalue weighted by molar-refractivity contribution is -0.120. The van der Waals surface area contributed by atoms with E-state index < -0.39 is 11.6 Å². The molecule has 0 spiro atoms. The van der Waals surface area contributed by atoms with Gasteiger partial charge < -0.3 is 9.88 Å². The molecule has 5 rings (SSSR count). The number of nitrogens with one attached hydrogen (secondary N) is 1. The van der Waals surface area contributed by atoms with Gasteiger partial charge in [0.05, 0.1) is 17.4 Å². The van der Waals surface area contributed by atoms with Crippen LogP contribution in [-0.4, -0.2) is 25.7 Å². The number of rotatable bonds is 4. The molecule has 0 saturated heterocycles. The molecule has 2 aliphatic rings. The number of nitrogens with zero attached hydrogens (tertiary/aromatic N) is 4. The van der Waals surface area contributed by atoms with Crippen LogP contribution >= 0.6 is 11.6 Å². The number of hydrogen-bond acceptors (Lipinski definition) is 4. The van der Waals surface area contributed by atoms with E-state index in [0.717, 1.165) is 18.9 Å². The van der Waals surface area contributed by atoms with Gasteiger partial charge in [-0.2, -0.15) is 0 Å². The highest BCUT2D eigenvalue weighted by Crippen LogP contribution is 2.64. The lowest BCUT2D eigenvalue weighted by Gasteiger charge is -2.19. The molecule has 2 aromatic heterocycles. The molecule has 9 heteroatoms. The van der Waals surface area contributed by atoms with Crippen LogP contribution < -0.4 is 5.32 Å². The van der Waals surface area contributed by atoms with Gasteiger partial charge in [0.1, 0.15) is 0 Å². The first-order valence-electron chi connectivity index (χ1n) is 9.54. The van der Waals surface area contributed by atoms with Crippen molar-refractivity contribution in [3.05, 3.63) is 47.4 Å². The molecule has 2 heterocycles. The number of fused-ring (bicyclic) bond motifs is 2. The first-order valence-corrected chi connectivity index (χ1v) is 9.92. The number of imidazole rings is 1. The molecule has 0 aliphatic heterocycles. The first-order chi connectivity index (χ1) is 13.9. The first kappa shape index (κ1) is 18.4. The maximum absolute atomic E-state index is 13.7. The summed E-state index contributed by atoms with van der Waals surface area (Å²) in [6.45, 7) is 1.93. The monoisotopic (exact) mass is 417 g/mol. The van der Waals surface area contributed by atoms with Gasteiger partial charge in [-0.25, -0.2) is 13.8 Å². The average molecular weight is 418 g/mol. The van der Waals surface area contributed by atoms with Crippen molar-refractivity contribution in [2.75, 3.05) is 5.32 Å². The van der Waals surface area contributed by atoms with Crippen LogP contribution in [0.3, 0.4) is 0 Å². The van der Waals surface area contributed by atoms with Crippen molar-refractivity contribution in [2.24, 2.45) is 23.7 Å². The molecule has 29 heavy (non-hydrogen) atoms. The molecule has 1 amide bonds. The van der Waals surface area contributed by atoms with Crippen LogP contribution in [-0.2, 0) is 4.79 Å². The van der Waals surface area contributed by atoms with E-state index in [4.69, 9.17) is 11.6 Å². The summed E-state index contributed by atoms with van der Waals surface area (Å²) in [5, 5.41) is 10.6. The van der Waals surface area contributed by atoms with E-state index >= 15 is 0 Å². The van der Waals surface area contributed by atoms with Gasteiger partial charge in [0.15, 0.2) is 22.6 Å². The molecule has 6 nitrogen and oxygen atoms in total. The smallest absolute Gasteiger partial charge is 0.228 e. The minimum atomic E-state index is -0.887. The van der Waals surface area contributed by atoms with Gasteiger partial charge in [-0.1, -0.05) is 18.5 Å². The van der Waals surface area contributed by atoms with Gasteiger partial charge in [0.2, 0.25) is 5.91 Å². The fourth-order valence-electron chi connectivity index (χ4n) is 4.94. The maximum Gasteiger partial charge on any atom is 0.228 e. The van der Waals surface area contributed by atoms with E-state index in [-0.39, 0.29) is 23.0 Å². The van der Waals surface area contributed by atoms with Crippen LogP contribution in [0, 0.1) is 35.3 Å². The number of benzene rings is 1. The second-order valence-corrected chi connectivity index (χ2v) is 8.34. The quantitative estimate of drug-likeness (QED) is 0.689. The Bertz CT molecular complexity index is 1090. The van der Waals surface area contributed by atoms with E-state index in [2.05, 4.69) is 20.5 Å². The van der Waals surface area contributed by atoms with E-state index in [0.29, 0.717) is 34.6 Å². The zero-order valence-corrected chi connectivity index (χ0v) is 16.3. The minimum Gasteiger partial charge on any atom is -0.327 e. The van der Waals surface area contributed by atoms with Crippen LogP contribution in [0.5, 0.6) is 0 Å². The van der Waals surface area contributed by atoms with Crippen LogP contribution in [0.15, 0.2) is 30.6 Å². The van der Waals surface area contributed by atoms with Gasteiger partial charge in [-0.15, -0.1) is 10.2 Å². The summed E-state index contributed by atoms with van der Waals surface area (Å²) in [6, 6.07) is 5.73. The number of aromatic nitrogens is 4. The van der Waals surface area contributed by atoms with Crippen LogP contribution in [0.2, 0.25) is 5.15 Å². The molecular weight excluding hydrogens is 400 g/mol. The fraction of sp³-hybridized carbons (Fsp3) is 0.400. The summed E-state index contributed by atoms with van der Waals surface area (Å²) in [5.74, 6) is -0.389. The maximum atomic E-state index is 13.7. The SMILES string of the molecule is CC(C(=O)Nc1ccc(Cl)nn1)C1[C@H]2CC(n3cnc4cc(F)c(F)cc43)C[C@@H]12. The van der Waals surface area contributed by atoms with Crippen molar-refractivity contribution >= 4 is 34.4 Å². The predicted molar refractivity (Wildman–Crippen MR) is 103 cm³/mol. The van der Waals surface area contributed by atoms with Crippen molar-refractivity contribution in [2.45, 2.75) is 25.8 Å². The Hall–Kier alpha value is -2.61. The number of carbonyl (C=O) groups is 1. The summed E-state index contributed by atoms with van der Waals surface area (Å²) in [7, 11) is 0. The molecule has 1 aromatic carbocycles. The molecule has 5 atom stereocenters. The van der Waals surface area contributed by atoms with Gasteiger partial charge >= 0.3 is 0 Å². The van der Waals surface area contributed by atoms with Crippen molar-refractivity contribution in [1.29, 1.82) is 0 Å². The van der Waals surface area contributed by atoms with E-state index in [1.54, 1.807) is 18.5 Å². The topological polar surface area (TPSA) is 72.7 Å². The van der Waals surface area contributed by atoms with Crippen molar-refractivity contribution < 1.29 is 13.6 Å². The van der Waals surface area contributed by atoms with Crippen LogP contribution in [0.4, 0.5) is 14.6 Å². The third-order valence-corrected chi connectivity index (χ3v) is 6.57. The van der Waals surface area contributed by atoms with Crippen molar-refractivity contribution in [3.63, 3.8) is 0 Å². The van der Waals surface area contributed by atoms with Crippen LogP contribution in [0.1, 0.15) is 25.8 Å². The zero-order chi connectivity index (χ0) is 20.3. The zero-order valence-electron chi connectivity index (χ0n) is 15.5. The van der Waals surface area contributed by atoms with Crippen molar-refractivity contribution in [1.82, 2.24) is 19.7 Å². The Labute approximate surface area is 170 Å². The van der Waals surface area contributed by atoms with Gasteiger partial charge in [-0.05, 0) is 42.7 Å². The predicted octanol–water partition coefficient (Wildman–Crippen LogP) is 4.23. The second kappa shape index (κ2) is 6.73. The molecule has 3 unspecified atom stereocenters. The second-order valence-electron chi connectivity index (χ2n) is 7.96. The number of hydrogen-bond donors (Lipinski definition) is 1. The average Bonchev–Trinajstić information content (AvgIpc) is 3.02. The highest BCUT2D eigenvalue weighted by Gasteiger charge is 2.59. The molecule has 0 bridgehead atoms. The summed E-state index contributed by atoms with van der Waals surface area (Å²) in [5.41, 5.74) is 1.07. The Morgan fingerprint density at radius 3 is 2.62 bits per heavy atom. The van der Waals surface area contributed by atoms with Crippen molar-refractivity contribution in [3.8, 4) is 0 Å². The normalized spacial score (nSPS) is 26.3. The number of carbonyl (C=O) groups excluding carboxylic acids is 1. The lowest BCUT2D eigenvalue weighted by atomic mass is 9.96. The minimum absolute atomic E-state index is 0.0804. The third kappa shape index (κ3) is 3.15. The standard InChI is InChI=1S/C20H18ClF2N5O/c1-9(20(29)25-18-3-2-17(21)26-27-18)19-11-4-10(5-12(11)19)28-8-24-15-6-13(22)14(23)7-16(15)28/h2-3,6-12,19H,4-5H2,1H3,(H,25,27,29)/t9?,10?,11-,12+,19?. The van der Waals surface area contributed by atoms with Gasteiger partial charge in [0.25, 0.3) is 0 Å². The molecule has 2 saturated carbocycles. The van der Waals surface area contributed by atoms with E-state index in [1.165, 1.54) is 6.07 Å². The molecule has 2 fully saturated rings. The third-order valence-electron chi connectivity index (χ3n) is 6.37. The number of halogens is 3. The number of amides is 1. The lowest BCUT2D eigenvalue weighted by Crippen LogP contribution is -2.24. The largest absolute Gasteiger partial charge is 0.327 e.